The number of nitrogen functional groups attached to an aromatic ring is 1. The number of anilines is 1. The van der Waals surface area contributed by atoms with Crippen molar-refractivity contribution >= 4 is 35.5 Å². The number of halogens is 1. The second-order valence-electron chi connectivity index (χ2n) is 9.16. The number of esters is 1. The maximum atomic E-state index is 13.8. The molecule has 1 aromatic carbocycles. The van der Waals surface area contributed by atoms with E-state index in [0.717, 1.165) is 30.2 Å². The molecule has 1 aliphatic heterocycles. The van der Waals surface area contributed by atoms with Crippen LogP contribution in [0.3, 0.4) is 0 Å². The Balaban J connectivity index is 1.64. The Labute approximate surface area is 236 Å². The zero-order valence-electron chi connectivity index (χ0n) is 22.3. The average molecular weight is 631 g/mol. The molecule has 0 aliphatic carbocycles. The third kappa shape index (κ3) is 9.70. The smallest absolute Gasteiger partial charge is 0.459 e. The first kappa shape index (κ1) is 31.3. The van der Waals surface area contributed by atoms with E-state index in [-0.39, 0.29) is 37.3 Å². The van der Waals surface area contributed by atoms with Crippen molar-refractivity contribution in [3.05, 3.63) is 51.5 Å². The summed E-state index contributed by atoms with van der Waals surface area (Å²) in [4.78, 5) is 28.5. The van der Waals surface area contributed by atoms with Crippen molar-refractivity contribution < 1.29 is 32.6 Å². The largest absolute Gasteiger partial charge is 0.464 e. The molecule has 1 unspecified atom stereocenters. The summed E-state index contributed by atoms with van der Waals surface area (Å²) in [6, 6.07) is 7.10. The molecule has 3 rings (SSSR count). The second kappa shape index (κ2) is 14.9. The van der Waals surface area contributed by atoms with Gasteiger partial charge >= 0.3 is 19.4 Å². The molecule has 2 aromatic rings. The van der Waals surface area contributed by atoms with Gasteiger partial charge in [0.1, 0.15) is 24.2 Å². The molecule has 14 heteroatoms. The number of ether oxygens (including phenoxy) is 3. The van der Waals surface area contributed by atoms with E-state index in [4.69, 9.17) is 29.0 Å². The zero-order valence-corrected chi connectivity index (χ0v) is 24.8. The quantitative estimate of drug-likeness (QED) is 0.212. The molecule has 39 heavy (non-hydrogen) atoms. The fourth-order valence-corrected chi connectivity index (χ4v) is 5.69. The lowest BCUT2D eigenvalue weighted by molar-refractivity contribution is -0.146. The van der Waals surface area contributed by atoms with Crippen LogP contribution in [-0.2, 0) is 28.1 Å². The third-order valence-corrected chi connectivity index (χ3v) is 8.05. The van der Waals surface area contributed by atoms with E-state index in [1.807, 2.05) is 0 Å². The van der Waals surface area contributed by atoms with Crippen LogP contribution in [0.15, 0.2) is 45.8 Å². The van der Waals surface area contributed by atoms with Crippen molar-refractivity contribution in [1.29, 1.82) is 0 Å². The van der Waals surface area contributed by atoms with E-state index in [2.05, 4.69) is 39.8 Å². The van der Waals surface area contributed by atoms with Crippen LogP contribution in [0.25, 0.3) is 0 Å². The first-order chi connectivity index (χ1) is 18.6. The van der Waals surface area contributed by atoms with E-state index in [9.17, 15) is 14.2 Å². The lowest BCUT2D eigenvalue weighted by atomic mass is 9.99. The first-order valence-corrected chi connectivity index (χ1v) is 15.2. The molecule has 1 saturated heterocycles. The van der Waals surface area contributed by atoms with Crippen molar-refractivity contribution in [1.82, 2.24) is 14.6 Å². The molecule has 0 saturated carbocycles. The summed E-state index contributed by atoms with van der Waals surface area (Å²) < 4.78 is 43.9. The summed E-state index contributed by atoms with van der Waals surface area (Å²) in [6.07, 6.45) is 3.62. The van der Waals surface area contributed by atoms with E-state index < -0.39 is 38.0 Å². The average Bonchev–Trinajstić information content (AvgIpc) is 3.36. The second-order valence-corrected chi connectivity index (χ2v) is 11.8. The highest BCUT2D eigenvalue weighted by Crippen LogP contribution is 2.45. The number of nitrogens with one attached hydrogen (secondary N) is 1. The number of aromatic nitrogens is 2. The summed E-state index contributed by atoms with van der Waals surface area (Å²) in [5, 5.41) is 2.66. The Morgan fingerprint density at radius 1 is 1.26 bits per heavy atom. The van der Waals surface area contributed by atoms with Crippen LogP contribution in [0.4, 0.5) is 5.82 Å². The minimum atomic E-state index is -4.12. The maximum Gasteiger partial charge on any atom is 0.459 e. The third-order valence-electron chi connectivity index (χ3n) is 5.88. The van der Waals surface area contributed by atoms with Gasteiger partial charge in [0, 0.05) is 10.7 Å². The van der Waals surface area contributed by atoms with E-state index in [0.29, 0.717) is 0 Å². The minimum Gasteiger partial charge on any atom is -0.464 e. The normalized spacial score (nSPS) is 19.5. The highest BCUT2D eigenvalue weighted by molar-refractivity contribution is 9.10. The van der Waals surface area contributed by atoms with Crippen molar-refractivity contribution in [2.75, 3.05) is 25.6 Å². The molecule has 0 spiro atoms. The monoisotopic (exact) mass is 630 g/mol. The number of carbonyl (C=O) groups excluding carboxylic acids is 1. The lowest BCUT2D eigenvalue weighted by Gasteiger charge is -2.24. The summed E-state index contributed by atoms with van der Waals surface area (Å²) in [5.74, 6) is 0.0444. The van der Waals surface area contributed by atoms with Crippen molar-refractivity contribution in [3.8, 4) is 5.75 Å². The van der Waals surface area contributed by atoms with Gasteiger partial charge in [-0.05, 0) is 56.0 Å². The zero-order chi connectivity index (χ0) is 28.4. The molecule has 216 valence electrons. The van der Waals surface area contributed by atoms with Crippen molar-refractivity contribution in [2.24, 2.45) is 5.92 Å². The summed E-state index contributed by atoms with van der Waals surface area (Å²) in [7, 11) is -4.12. The number of benzene rings is 1. The van der Waals surface area contributed by atoms with Gasteiger partial charge in [0.2, 0.25) is 0 Å². The van der Waals surface area contributed by atoms with Crippen LogP contribution in [0.5, 0.6) is 5.75 Å². The molecule has 0 radical (unpaired) electrons. The number of hydrogen-bond acceptors (Lipinski definition) is 10. The molecule has 2 heterocycles. The molecular formula is C25H36BrN4O8P. The van der Waals surface area contributed by atoms with Gasteiger partial charge in [-0.2, -0.15) is 10.1 Å². The van der Waals surface area contributed by atoms with Gasteiger partial charge < -0.3 is 24.5 Å². The van der Waals surface area contributed by atoms with Gasteiger partial charge in [0.05, 0.1) is 13.2 Å². The van der Waals surface area contributed by atoms with Gasteiger partial charge in [0.25, 0.3) is 0 Å². The van der Waals surface area contributed by atoms with Gasteiger partial charge in [-0.3, -0.25) is 13.9 Å². The molecule has 12 nitrogen and oxygen atoms in total. The number of carbonyl (C=O) groups is 1. The van der Waals surface area contributed by atoms with Crippen LogP contribution in [0.1, 0.15) is 52.7 Å². The van der Waals surface area contributed by atoms with Gasteiger partial charge in [-0.15, -0.1) is 0 Å². The molecule has 0 amide bonds. The summed E-state index contributed by atoms with van der Waals surface area (Å²) in [6.45, 7) is 5.71. The highest BCUT2D eigenvalue weighted by atomic mass is 79.9. The van der Waals surface area contributed by atoms with Crippen LogP contribution in [0, 0.1) is 5.92 Å². The molecule has 4 atom stereocenters. The number of rotatable bonds is 15. The van der Waals surface area contributed by atoms with Gasteiger partial charge in [-0.1, -0.05) is 42.6 Å². The van der Waals surface area contributed by atoms with Crippen LogP contribution >= 0.6 is 23.7 Å². The van der Waals surface area contributed by atoms with Crippen LogP contribution < -0.4 is 21.0 Å². The fourth-order valence-electron chi connectivity index (χ4n) is 3.95. The van der Waals surface area contributed by atoms with Crippen molar-refractivity contribution in [2.45, 2.75) is 65.0 Å². The topological polar surface area (TPSA) is 153 Å². The maximum absolute atomic E-state index is 13.8. The van der Waals surface area contributed by atoms with Crippen LogP contribution in [-0.4, -0.2) is 47.7 Å². The standard InChI is InChI=1S/C25H36BrN4O8P/c1-4-6-18(7-5-2)14-35-24(31)17(3)29-39(33,38-20-10-8-19(26)9-11-20)36-16-23-34-15-22(37-23)30-13-12-21(27)28-25(30)32/h8-13,17-18,22-23H,4-7,14-16H2,1-3H3,(H,29,33)(H2,27,28,32)/t17-,22-,23-,39?/m0/s1. The Morgan fingerprint density at radius 2 is 1.95 bits per heavy atom. The number of nitrogens with two attached hydrogens (primary N) is 1. The SMILES string of the molecule is CCCC(CCC)COC(=O)[C@H](C)NP(=O)(OC[C@H]1OC[C@@H](n2ccc(N)nc2=O)O1)Oc1ccc(Br)cc1. The number of hydrogen-bond donors (Lipinski definition) is 2. The van der Waals surface area contributed by atoms with Gasteiger partial charge in [-0.25, -0.2) is 9.36 Å². The Morgan fingerprint density at radius 3 is 2.59 bits per heavy atom. The first-order valence-electron chi connectivity index (χ1n) is 12.9. The van der Waals surface area contributed by atoms with Crippen LogP contribution in [0.2, 0.25) is 0 Å². The molecule has 0 bridgehead atoms. The Hall–Kier alpha value is -2.28. The molecular weight excluding hydrogens is 595 g/mol. The molecule has 3 N–H and O–H groups in total. The van der Waals surface area contributed by atoms with E-state index >= 15 is 0 Å². The van der Waals surface area contributed by atoms with E-state index in [1.54, 1.807) is 24.3 Å². The predicted octanol–water partition coefficient (Wildman–Crippen LogP) is 4.40. The Kier molecular flexibility index (Phi) is 12.0. The minimum absolute atomic E-state index is 0.0320. The van der Waals surface area contributed by atoms with Gasteiger partial charge in [0.15, 0.2) is 12.5 Å². The molecule has 1 fully saturated rings. The lowest BCUT2D eigenvalue weighted by Crippen LogP contribution is -2.36. The Bertz CT molecular complexity index is 1180. The van der Waals surface area contributed by atoms with E-state index in [1.165, 1.54) is 23.8 Å². The van der Waals surface area contributed by atoms with Crippen molar-refractivity contribution in [3.63, 3.8) is 0 Å². The summed E-state index contributed by atoms with van der Waals surface area (Å²) in [5.41, 5.74) is 4.94. The highest BCUT2D eigenvalue weighted by Gasteiger charge is 2.36. The number of nitrogens with zero attached hydrogens (tertiary/aromatic N) is 2. The summed E-state index contributed by atoms with van der Waals surface area (Å²) >= 11 is 3.34. The fraction of sp³-hybridized carbons (Fsp3) is 0.560. The molecule has 1 aliphatic rings. The predicted molar refractivity (Wildman–Crippen MR) is 148 cm³/mol. The molecule has 1 aromatic heterocycles.